The van der Waals surface area contributed by atoms with E-state index in [1.165, 1.54) is 16.8 Å². The lowest BCUT2D eigenvalue weighted by molar-refractivity contribution is -0.121. The zero-order chi connectivity index (χ0) is 22.5. The Morgan fingerprint density at radius 2 is 1.84 bits per heavy atom. The van der Waals surface area contributed by atoms with Gasteiger partial charge in [0.25, 0.3) is 11.4 Å². The van der Waals surface area contributed by atoms with E-state index in [4.69, 9.17) is 20.9 Å². The van der Waals surface area contributed by atoms with Gasteiger partial charge in [-0.05, 0) is 42.0 Å². The molecule has 0 fully saturated rings. The number of carbonyl (C=O) groups is 1. The fourth-order valence-corrected chi connectivity index (χ4v) is 3.23. The zero-order valence-electron chi connectivity index (χ0n) is 17.1. The number of benzene rings is 2. The Hall–Kier alpha value is -3.91. The van der Waals surface area contributed by atoms with Gasteiger partial charge < -0.3 is 19.1 Å². The van der Waals surface area contributed by atoms with Gasteiger partial charge in [0, 0.05) is 29.4 Å². The van der Waals surface area contributed by atoms with E-state index in [0.717, 1.165) is 16.9 Å². The maximum atomic E-state index is 12.4. The van der Waals surface area contributed by atoms with Gasteiger partial charge in [-0.2, -0.15) is 4.98 Å². The summed E-state index contributed by atoms with van der Waals surface area (Å²) < 4.78 is 11.8. The van der Waals surface area contributed by atoms with Crippen molar-refractivity contribution in [2.75, 3.05) is 7.11 Å². The number of hydrogen-bond donors (Lipinski definition) is 1. The van der Waals surface area contributed by atoms with E-state index in [0.29, 0.717) is 16.4 Å². The van der Waals surface area contributed by atoms with Crippen molar-refractivity contribution >= 4 is 17.5 Å². The molecule has 0 aliphatic rings. The fourth-order valence-electron chi connectivity index (χ4n) is 3.03. The minimum absolute atomic E-state index is 0.156. The first kappa shape index (κ1) is 21.3. The van der Waals surface area contributed by atoms with Crippen molar-refractivity contribution in [1.82, 2.24) is 20.0 Å². The van der Waals surface area contributed by atoms with Gasteiger partial charge in [0.1, 0.15) is 12.3 Å². The predicted molar refractivity (Wildman–Crippen MR) is 119 cm³/mol. The highest BCUT2D eigenvalue weighted by molar-refractivity contribution is 6.31. The second-order valence-electron chi connectivity index (χ2n) is 6.90. The molecule has 0 saturated carbocycles. The summed E-state index contributed by atoms with van der Waals surface area (Å²) >= 11 is 6.11. The third-order valence-corrected chi connectivity index (χ3v) is 5.12. The molecule has 32 heavy (non-hydrogen) atoms. The largest absolute Gasteiger partial charge is 0.497 e. The lowest BCUT2D eigenvalue weighted by atomic mass is 10.2. The number of amides is 1. The van der Waals surface area contributed by atoms with Crippen LogP contribution in [0.2, 0.25) is 5.02 Å². The fraction of sp³-hybridized carbons (Fsp3) is 0.130. The maximum absolute atomic E-state index is 12.4. The van der Waals surface area contributed by atoms with Crippen LogP contribution in [0.5, 0.6) is 5.75 Å². The van der Waals surface area contributed by atoms with E-state index in [1.807, 2.05) is 30.3 Å². The minimum Gasteiger partial charge on any atom is -0.497 e. The van der Waals surface area contributed by atoms with E-state index in [9.17, 15) is 9.59 Å². The quantitative estimate of drug-likeness (QED) is 0.462. The van der Waals surface area contributed by atoms with Crippen LogP contribution in [-0.2, 0) is 17.9 Å². The summed E-state index contributed by atoms with van der Waals surface area (Å²) in [6, 6.07) is 17.4. The van der Waals surface area contributed by atoms with Crippen molar-refractivity contribution in [2.24, 2.45) is 0 Å². The second-order valence-corrected chi connectivity index (χ2v) is 7.31. The average molecular weight is 451 g/mol. The lowest BCUT2D eigenvalue weighted by Gasteiger charge is -2.09. The molecule has 162 valence electrons. The van der Waals surface area contributed by atoms with E-state index in [1.54, 1.807) is 31.4 Å². The van der Waals surface area contributed by atoms with Crippen molar-refractivity contribution < 1.29 is 14.1 Å². The van der Waals surface area contributed by atoms with Crippen LogP contribution < -0.4 is 15.6 Å². The third-order valence-electron chi connectivity index (χ3n) is 4.75. The molecule has 2 aromatic heterocycles. The number of methoxy groups -OCH3 is 1. The summed E-state index contributed by atoms with van der Waals surface area (Å²) in [5, 5.41) is 7.33. The molecule has 0 bridgehead atoms. The van der Waals surface area contributed by atoms with Gasteiger partial charge in [0.15, 0.2) is 0 Å². The molecule has 0 spiro atoms. The summed E-state index contributed by atoms with van der Waals surface area (Å²) in [6.07, 6.45) is 1.52. The first-order chi connectivity index (χ1) is 15.5. The van der Waals surface area contributed by atoms with Crippen molar-refractivity contribution in [2.45, 2.75) is 13.1 Å². The molecule has 9 heteroatoms. The van der Waals surface area contributed by atoms with Crippen LogP contribution in [0.25, 0.3) is 22.8 Å². The molecule has 0 unspecified atom stereocenters. The number of aromatic nitrogens is 3. The van der Waals surface area contributed by atoms with E-state index < -0.39 is 0 Å². The highest BCUT2D eigenvalue weighted by Crippen LogP contribution is 2.23. The molecular weight excluding hydrogens is 432 g/mol. The number of carbonyl (C=O) groups excluding carboxylic acids is 1. The molecule has 0 radical (unpaired) electrons. The van der Waals surface area contributed by atoms with E-state index >= 15 is 0 Å². The lowest BCUT2D eigenvalue weighted by Crippen LogP contribution is -2.31. The van der Waals surface area contributed by atoms with Crippen LogP contribution in [0.4, 0.5) is 0 Å². The molecule has 2 aromatic carbocycles. The van der Waals surface area contributed by atoms with Crippen LogP contribution in [0.3, 0.4) is 0 Å². The Morgan fingerprint density at radius 1 is 1.09 bits per heavy atom. The van der Waals surface area contributed by atoms with Crippen molar-refractivity contribution in [3.05, 3.63) is 87.8 Å². The van der Waals surface area contributed by atoms with E-state index in [-0.39, 0.29) is 30.4 Å². The molecule has 4 rings (SSSR count). The van der Waals surface area contributed by atoms with Gasteiger partial charge in [0.2, 0.25) is 11.7 Å². The zero-order valence-corrected chi connectivity index (χ0v) is 17.9. The number of ether oxygens (including phenoxy) is 1. The Kier molecular flexibility index (Phi) is 6.32. The summed E-state index contributed by atoms with van der Waals surface area (Å²) in [5.74, 6) is 1.03. The maximum Gasteiger partial charge on any atom is 0.259 e. The summed E-state index contributed by atoms with van der Waals surface area (Å²) in [7, 11) is 1.59. The minimum atomic E-state index is -0.325. The number of pyridine rings is 1. The summed E-state index contributed by atoms with van der Waals surface area (Å²) in [6.45, 7) is 0.110. The van der Waals surface area contributed by atoms with Gasteiger partial charge in [-0.25, -0.2) is 0 Å². The third kappa shape index (κ3) is 4.87. The molecule has 1 amide bonds. The van der Waals surface area contributed by atoms with E-state index in [2.05, 4.69) is 15.5 Å². The molecule has 8 nitrogen and oxygen atoms in total. The Balaban J connectivity index is 1.48. The molecule has 0 atom stereocenters. The van der Waals surface area contributed by atoms with Crippen LogP contribution >= 0.6 is 11.6 Å². The molecular formula is C23H19ClN4O4. The number of halogens is 1. The van der Waals surface area contributed by atoms with Gasteiger partial charge in [-0.15, -0.1) is 0 Å². The normalized spacial score (nSPS) is 10.7. The van der Waals surface area contributed by atoms with Crippen LogP contribution in [0.1, 0.15) is 5.56 Å². The topological polar surface area (TPSA) is 99.3 Å². The smallest absolute Gasteiger partial charge is 0.259 e. The average Bonchev–Trinajstić information content (AvgIpc) is 3.30. The van der Waals surface area contributed by atoms with Gasteiger partial charge in [-0.1, -0.05) is 35.0 Å². The van der Waals surface area contributed by atoms with Crippen molar-refractivity contribution in [3.63, 3.8) is 0 Å². The van der Waals surface area contributed by atoms with Gasteiger partial charge in [-0.3, -0.25) is 9.59 Å². The number of nitrogens with one attached hydrogen (secondary N) is 1. The highest BCUT2D eigenvalue weighted by Gasteiger charge is 2.13. The monoisotopic (exact) mass is 450 g/mol. The molecule has 4 aromatic rings. The Morgan fingerprint density at radius 3 is 2.59 bits per heavy atom. The number of hydrogen-bond acceptors (Lipinski definition) is 6. The Bertz CT molecular complexity index is 1300. The summed E-state index contributed by atoms with van der Waals surface area (Å²) in [4.78, 5) is 29.0. The second kappa shape index (κ2) is 9.49. The molecule has 0 aliphatic carbocycles. The SMILES string of the molecule is COc1ccc(-c2noc(-c3ccc(=O)n(CC(=O)NCc4ccccc4Cl)c3)n2)cc1. The molecule has 1 N–H and O–H groups in total. The first-order valence-electron chi connectivity index (χ1n) is 9.72. The predicted octanol–water partition coefficient (Wildman–Crippen LogP) is 3.54. The van der Waals surface area contributed by atoms with Crippen molar-refractivity contribution in [3.8, 4) is 28.6 Å². The van der Waals surface area contributed by atoms with Crippen LogP contribution in [0.15, 0.2) is 76.2 Å². The summed E-state index contributed by atoms with van der Waals surface area (Å²) in [5.41, 5.74) is 1.75. The first-order valence-corrected chi connectivity index (χ1v) is 10.1. The highest BCUT2D eigenvalue weighted by atomic mass is 35.5. The molecule has 0 aliphatic heterocycles. The van der Waals surface area contributed by atoms with Gasteiger partial charge >= 0.3 is 0 Å². The number of rotatable bonds is 7. The Labute approximate surface area is 188 Å². The van der Waals surface area contributed by atoms with Crippen LogP contribution in [0, 0.1) is 0 Å². The van der Waals surface area contributed by atoms with Crippen molar-refractivity contribution in [1.29, 1.82) is 0 Å². The standard InChI is InChI=1S/C23H19ClN4O4/c1-31-18-9-6-15(7-10-18)22-26-23(32-27-22)17-8-11-21(30)28(13-17)14-20(29)25-12-16-4-2-3-5-19(16)24/h2-11,13H,12,14H2,1H3,(H,25,29). The molecule has 2 heterocycles. The molecule has 0 saturated heterocycles. The number of nitrogens with zero attached hydrogens (tertiary/aromatic N) is 3. The van der Waals surface area contributed by atoms with Crippen LogP contribution in [-0.4, -0.2) is 27.7 Å². The van der Waals surface area contributed by atoms with Gasteiger partial charge in [0.05, 0.1) is 12.7 Å².